The largest absolute Gasteiger partial charge is 0.347 e. The fourth-order valence-corrected chi connectivity index (χ4v) is 4.56. The standard InChI is InChI=1S/C25H26F2N4O4/c26-25(27)18-11-16(12-19(18)25)23(34)30-14-21(32)31-20(10-15-6-2-1-3-7-15)22(33)24(35)29-13-17-8-4-5-9-28-17/h1-9,16,18-20H,10-14H2,(H,29,35)(H,30,34)(H,31,32)/t16?,18-,19+,20-/m1/s1. The van der Waals surface area contributed by atoms with Gasteiger partial charge in [-0.1, -0.05) is 36.4 Å². The number of halogens is 2. The van der Waals surface area contributed by atoms with Crippen molar-refractivity contribution >= 4 is 23.5 Å². The van der Waals surface area contributed by atoms with E-state index in [1.54, 1.807) is 54.7 Å². The topological polar surface area (TPSA) is 117 Å². The number of fused-ring (bicyclic) bond motifs is 1. The number of hydrogen-bond donors (Lipinski definition) is 3. The molecule has 0 spiro atoms. The summed E-state index contributed by atoms with van der Waals surface area (Å²) in [6.45, 7) is -0.370. The van der Waals surface area contributed by atoms with Gasteiger partial charge in [-0.05, 0) is 30.5 Å². The number of carbonyl (C=O) groups excluding carboxylic acids is 4. The first-order valence-electron chi connectivity index (χ1n) is 11.5. The monoisotopic (exact) mass is 484 g/mol. The third kappa shape index (κ3) is 5.87. The minimum absolute atomic E-state index is 0.0515. The first-order chi connectivity index (χ1) is 16.8. The molecule has 1 aromatic heterocycles. The normalized spacial score (nSPS) is 22.4. The predicted octanol–water partition coefficient (Wildman–Crippen LogP) is 1.40. The summed E-state index contributed by atoms with van der Waals surface area (Å²) in [5, 5.41) is 7.49. The van der Waals surface area contributed by atoms with Gasteiger partial charge in [0.15, 0.2) is 0 Å². The van der Waals surface area contributed by atoms with E-state index < -0.39 is 59.8 Å². The lowest BCUT2D eigenvalue weighted by atomic mass is 10.0. The summed E-state index contributed by atoms with van der Waals surface area (Å²) < 4.78 is 26.7. The average Bonchev–Trinajstić information content (AvgIpc) is 3.17. The van der Waals surface area contributed by atoms with Gasteiger partial charge < -0.3 is 16.0 Å². The molecule has 2 aliphatic carbocycles. The SMILES string of the molecule is O=C(CNC(=O)C1C[C@@H]2[C@H](C1)C2(F)F)N[C@H](Cc1ccccc1)C(=O)C(=O)NCc1ccccn1. The van der Waals surface area contributed by atoms with Crippen LogP contribution < -0.4 is 16.0 Å². The molecule has 2 aromatic rings. The van der Waals surface area contributed by atoms with Gasteiger partial charge >= 0.3 is 0 Å². The highest BCUT2D eigenvalue weighted by Crippen LogP contribution is 2.65. The lowest BCUT2D eigenvalue weighted by Crippen LogP contribution is -2.51. The summed E-state index contributed by atoms with van der Waals surface area (Å²) in [5.41, 5.74) is 1.31. The Labute approximate surface area is 200 Å². The van der Waals surface area contributed by atoms with Crippen molar-refractivity contribution in [2.45, 2.75) is 37.8 Å². The number of rotatable bonds is 10. The number of aromatic nitrogens is 1. The van der Waals surface area contributed by atoms with Crippen LogP contribution in [0.4, 0.5) is 8.78 Å². The lowest BCUT2D eigenvalue weighted by Gasteiger charge is -2.19. The van der Waals surface area contributed by atoms with Crippen molar-refractivity contribution in [1.82, 2.24) is 20.9 Å². The van der Waals surface area contributed by atoms with Gasteiger partial charge in [-0.15, -0.1) is 0 Å². The summed E-state index contributed by atoms with van der Waals surface area (Å²) in [5.74, 6) is -7.52. The second-order valence-electron chi connectivity index (χ2n) is 8.95. The molecule has 3 N–H and O–H groups in total. The Balaban J connectivity index is 1.31. The van der Waals surface area contributed by atoms with E-state index in [0.717, 1.165) is 5.56 Å². The highest BCUT2D eigenvalue weighted by Gasteiger charge is 2.72. The van der Waals surface area contributed by atoms with E-state index in [1.165, 1.54) is 0 Å². The van der Waals surface area contributed by atoms with Crippen molar-refractivity contribution in [3.8, 4) is 0 Å². The van der Waals surface area contributed by atoms with Crippen molar-refractivity contribution in [2.24, 2.45) is 17.8 Å². The summed E-state index contributed by atoms with van der Waals surface area (Å²) in [4.78, 5) is 54.2. The summed E-state index contributed by atoms with van der Waals surface area (Å²) in [6, 6.07) is 12.9. The smallest absolute Gasteiger partial charge is 0.289 e. The lowest BCUT2D eigenvalue weighted by molar-refractivity contribution is -0.140. The number of amides is 3. The maximum Gasteiger partial charge on any atom is 0.289 e. The van der Waals surface area contributed by atoms with Crippen LogP contribution in [0.5, 0.6) is 0 Å². The minimum atomic E-state index is -2.67. The number of pyridine rings is 1. The van der Waals surface area contributed by atoms with Gasteiger partial charge in [0.05, 0.1) is 18.8 Å². The molecule has 0 bridgehead atoms. The van der Waals surface area contributed by atoms with Crippen LogP contribution in [0.25, 0.3) is 0 Å². The number of hydrogen-bond acceptors (Lipinski definition) is 5. The quantitative estimate of drug-likeness (QED) is 0.441. The van der Waals surface area contributed by atoms with Crippen LogP contribution >= 0.6 is 0 Å². The molecule has 2 fully saturated rings. The van der Waals surface area contributed by atoms with Gasteiger partial charge in [-0.3, -0.25) is 24.2 Å². The zero-order chi connectivity index (χ0) is 25.0. The van der Waals surface area contributed by atoms with Crippen molar-refractivity contribution in [3.63, 3.8) is 0 Å². The number of alkyl halides is 2. The Bertz CT molecular complexity index is 1080. The van der Waals surface area contributed by atoms with E-state index in [2.05, 4.69) is 20.9 Å². The van der Waals surface area contributed by atoms with Gasteiger partial charge in [0.25, 0.3) is 11.8 Å². The molecule has 0 aliphatic heterocycles. The summed E-state index contributed by atoms with van der Waals surface area (Å²) in [7, 11) is 0. The molecule has 2 aliphatic rings. The molecule has 4 atom stereocenters. The molecule has 2 saturated carbocycles. The van der Waals surface area contributed by atoms with Crippen LogP contribution in [0.3, 0.4) is 0 Å². The Morgan fingerprint density at radius 2 is 1.66 bits per heavy atom. The maximum absolute atomic E-state index is 13.3. The fraction of sp³-hybridized carbons (Fsp3) is 0.400. The van der Waals surface area contributed by atoms with Crippen LogP contribution in [-0.4, -0.2) is 47.0 Å². The Hall–Kier alpha value is -3.69. The Morgan fingerprint density at radius 1 is 0.971 bits per heavy atom. The van der Waals surface area contributed by atoms with Gasteiger partial charge in [-0.25, -0.2) is 8.78 Å². The van der Waals surface area contributed by atoms with Crippen LogP contribution in [-0.2, 0) is 32.1 Å². The van der Waals surface area contributed by atoms with E-state index in [1.807, 2.05) is 0 Å². The molecule has 10 heteroatoms. The van der Waals surface area contributed by atoms with Crippen LogP contribution in [0.15, 0.2) is 54.7 Å². The van der Waals surface area contributed by atoms with Gasteiger partial charge in [0.2, 0.25) is 17.6 Å². The predicted molar refractivity (Wildman–Crippen MR) is 121 cm³/mol. The van der Waals surface area contributed by atoms with Gasteiger partial charge in [0.1, 0.15) is 6.04 Å². The van der Waals surface area contributed by atoms with E-state index in [9.17, 15) is 28.0 Å². The molecule has 35 heavy (non-hydrogen) atoms. The van der Waals surface area contributed by atoms with Crippen molar-refractivity contribution < 1.29 is 28.0 Å². The second kappa shape index (κ2) is 10.3. The number of nitrogens with zero attached hydrogens (tertiary/aromatic N) is 1. The van der Waals surface area contributed by atoms with Crippen molar-refractivity contribution in [2.75, 3.05) is 6.54 Å². The molecule has 0 radical (unpaired) electrons. The van der Waals surface area contributed by atoms with E-state index in [0.29, 0.717) is 5.69 Å². The Morgan fingerprint density at radius 3 is 2.31 bits per heavy atom. The van der Waals surface area contributed by atoms with E-state index in [4.69, 9.17) is 0 Å². The average molecular weight is 485 g/mol. The third-order valence-corrected chi connectivity index (χ3v) is 6.55. The summed E-state index contributed by atoms with van der Waals surface area (Å²) >= 11 is 0. The third-order valence-electron chi connectivity index (χ3n) is 6.55. The second-order valence-corrected chi connectivity index (χ2v) is 8.95. The zero-order valence-corrected chi connectivity index (χ0v) is 18.9. The van der Waals surface area contributed by atoms with Crippen LogP contribution in [0, 0.1) is 17.8 Å². The molecule has 184 valence electrons. The van der Waals surface area contributed by atoms with E-state index >= 15 is 0 Å². The zero-order valence-electron chi connectivity index (χ0n) is 18.9. The van der Waals surface area contributed by atoms with Gasteiger partial charge in [-0.2, -0.15) is 0 Å². The maximum atomic E-state index is 13.3. The molecule has 1 heterocycles. The molecular weight excluding hydrogens is 458 g/mol. The van der Waals surface area contributed by atoms with Gasteiger partial charge in [0, 0.05) is 30.4 Å². The number of Topliss-reactive ketones (excluding diaryl/α,β-unsaturated/α-hetero) is 1. The fourth-order valence-electron chi connectivity index (χ4n) is 4.56. The molecule has 8 nitrogen and oxygen atoms in total. The highest BCUT2D eigenvalue weighted by atomic mass is 19.3. The van der Waals surface area contributed by atoms with Crippen LogP contribution in [0.2, 0.25) is 0 Å². The molecular formula is C25H26F2N4O4. The van der Waals surface area contributed by atoms with Crippen LogP contribution in [0.1, 0.15) is 24.1 Å². The minimum Gasteiger partial charge on any atom is -0.347 e. The van der Waals surface area contributed by atoms with Crippen molar-refractivity contribution in [1.29, 1.82) is 0 Å². The summed E-state index contributed by atoms with van der Waals surface area (Å²) in [6.07, 6.45) is 1.86. The molecule has 4 rings (SSSR count). The molecule has 1 aromatic carbocycles. The number of carbonyl (C=O) groups is 4. The first-order valence-corrected chi connectivity index (χ1v) is 11.5. The Kier molecular flexibility index (Phi) is 7.18. The molecule has 1 unspecified atom stereocenters. The number of benzene rings is 1. The molecule has 0 saturated heterocycles. The molecule has 3 amide bonds. The van der Waals surface area contributed by atoms with E-state index in [-0.39, 0.29) is 25.8 Å². The van der Waals surface area contributed by atoms with Crippen molar-refractivity contribution in [3.05, 3.63) is 66.0 Å². The first kappa shape index (κ1) is 24.4. The number of ketones is 1. The highest BCUT2D eigenvalue weighted by molar-refractivity contribution is 6.38. The number of nitrogens with one attached hydrogen (secondary N) is 3.